The molecule has 0 saturated carbocycles. The van der Waals surface area contributed by atoms with Crippen molar-refractivity contribution < 1.29 is 4.21 Å². The van der Waals surface area contributed by atoms with Gasteiger partial charge in [0.25, 0.3) is 5.56 Å². The highest BCUT2D eigenvalue weighted by atomic mass is 32.2. The Morgan fingerprint density at radius 3 is 2.81 bits per heavy atom. The van der Waals surface area contributed by atoms with E-state index in [0.717, 1.165) is 39.6 Å². The summed E-state index contributed by atoms with van der Waals surface area (Å²) >= 11 is 1.57. The first-order valence-corrected chi connectivity index (χ1v) is 9.42. The normalized spacial score (nSPS) is 22.8. The maximum Gasteiger partial charge on any atom is 0.259 e. The van der Waals surface area contributed by atoms with Crippen molar-refractivity contribution in [2.24, 2.45) is 0 Å². The Morgan fingerprint density at radius 2 is 2.10 bits per heavy atom. The molecule has 1 fully saturated rings. The molecule has 0 aliphatic carbocycles. The van der Waals surface area contributed by atoms with Gasteiger partial charge in [-0.25, -0.2) is 4.98 Å². The van der Waals surface area contributed by atoms with Crippen LogP contribution in [0.3, 0.4) is 0 Å². The fraction of sp³-hybridized carbons (Fsp3) is 0.571. The number of hydrogen-bond donors (Lipinski definition) is 2. The fourth-order valence-electron chi connectivity index (χ4n) is 2.62. The monoisotopic (exact) mass is 325 g/mol. The Morgan fingerprint density at radius 1 is 1.38 bits per heavy atom. The van der Waals surface area contributed by atoms with E-state index in [9.17, 15) is 9.00 Å². The topological polar surface area (TPSA) is 74.8 Å². The molecule has 21 heavy (non-hydrogen) atoms. The molecule has 1 aliphatic rings. The van der Waals surface area contributed by atoms with Gasteiger partial charge in [0.15, 0.2) is 0 Å². The molecule has 2 aromatic rings. The van der Waals surface area contributed by atoms with Crippen molar-refractivity contribution in [3.05, 3.63) is 26.6 Å². The minimum atomic E-state index is -0.643. The molecular weight excluding hydrogens is 306 g/mol. The summed E-state index contributed by atoms with van der Waals surface area (Å²) in [5.74, 6) is 2.22. The van der Waals surface area contributed by atoms with Crippen molar-refractivity contribution >= 4 is 32.4 Å². The average Bonchev–Trinajstić information content (AvgIpc) is 2.74. The predicted octanol–water partition coefficient (Wildman–Crippen LogP) is 1.60. The number of aromatic nitrogens is 2. The first kappa shape index (κ1) is 14.9. The van der Waals surface area contributed by atoms with Gasteiger partial charge in [0, 0.05) is 33.2 Å². The zero-order valence-electron chi connectivity index (χ0n) is 12.2. The molecule has 0 bridgehead atoms. The molecule has 3 heterocycles. The number of aromatic amines is 1. The molecule has 1 aliphatic heterocycles. The summed E-state index contributed by atoms with van der Waals surface area (Å²) in [5, 5.41) is 4.13. The van der Waals surface area contributed by atoms with Gasteiger partial charge in [-0.2, -0.15) is 0 Å². The van der Waals surface area contributed by atoms with Gasteiger partial charge in [0.1, 0.15) is 10.7 Å². The third kappa shape index (κ3) is 3.09. The van der Waals surface area contributed by atoms with Gasteiger partial charge in [0.05, 0.1) is 11.9 Å². The largest absolute Gasteiger partial charge is 0.309 e. The van der Waals surface area contributed by atoms with E-state index in [1.165, 1.54) is 0 Å². The summed E-state index contributed by atoms with van der Waals surface area (Å²) in [7, 11) is -0.643. The second-order valence-corrected chi connectivity index (χ2v) is 8.38. The Labute approximate surface area is 129 Å². The van der Waals surface area contributed by atoms with Crippen LogP contribution in [-0.4, -0.2) is 31.7 Å². The van der Waals surface area contributed by atoms with E-state index in [4.69, 9.17) is 0 Å². The van der Waals surface area contributed by atoms with Crippen molar-refractivity contribution in [3.63, 3.8) is 0 Å². The van der Waals surface area contributed by atoms with Crippen LogP contribution in [0.25, 0.3) is 10.2 Å². The first-order valence-electron chi connectivity index (χ1n) is 7.12. The third-order valence-electron chi connectivity index (χ3n) is 4.03. The van der Waals surface area contributed by atoms with Gasteiger partial charge in [0.2, 0.25) is 0 Å². The number of aryl methyl sites for hydroxylation is 2. The molecule has 5 nitrogen and oxygen atoms in total. The smallest absolute Gasteiger partial charge is 0.259 e. The second kappa shape index (κ2) is 5.98. The lowest BCUT2D eigenvalue weighted by atomic mass is 10.1. The highest BCUT2D eigenvalue weighted by Gasteiger charge is 2.18. The van der Waals surface area contributed by atoms with Crippen LogP contribution in [0.2, 0.25) is 0 Å². The van der Waals surface area contributed by atoms with E-state index < -0.39 is 10.8 Å². The molecule has 1 saturated heterocycles. The summed E-state index contributed by atoms with van der Waals surface area (Å²) < 4.78 is 11.3. The number of H-pyrrole nitrogens is 1. The maximum atomic E-state index is 12.2. The number of rotatable bonds is 3. The van der Waals surface area contributed by atoms with Crippen molar-refractivity contribution in [3.8, 4) is 0 Å². The zero-order chi connectivity index (χ0) is 15.0. The van der Waals surface area contributed by atoms with Crippen LogP contribution >= 0.6 is 11.3 Å². The van der Waals surface area contributed by atoms with Crippen LogP contribution in [-0.2, 0) is 17.3 Å². The van der Waals surface area contributed by atoms with E-state index in [0.29, 0.717) is 23.8 Å². The minimum Gasteiger partial charge on any atom is -0.309 e. The number of hydrogen-bond acceptors (Lipinski definition) is 5. The molecule has 0 amide bonds. The molecule has 2 aromatic heterocycles. The van der Waals surface area contributed by atoms with Crippen LogP contribution in [0.5, 0.6) is 0 Å². The van der Waals surface area contributed by atoms with Gasteiger partial charge in [-0.1, -0.05) is 0 Å². The second-order valence-electron chi connectivity index (χ2n) is 5.48. The number of fused-ring (bicyclic) bond motifs is 1. The summed E-state index contributed by atoms with van der Waals surface area (Å²) in [6, 6.07) is 0.371. The molecule has 0 aromatic carbocycles. The predicted molar refractivity (Wildman–Crippen MR) is 87.5 cm³/mol. The standard InChI is InChI=1S/C14H19N3O2S2/c1-8-9(2)20-14-12(8)13(18)16-11(17-14)7-15-10-3-5-21(19)6-4-10/h10,15H,3-7H2,1-2H3,(H,16,17,18). The highest BCUT2D eigenvalue weighted by molar-refractivity contribution is 7.85. The molecule has 2 N–H and O–H groups in total. The Balaban J connectivity index is 1.76. The highest BCUT2D eigenvalue weighted by Crippen LogP contribution is 2.25. The van der Waals surface area contributed by atoms with Gasteiger partial charge in [-0.3, -0.25) is 9.00 Å². The summed E-state index contributed by atoms with van der Waals surface area (Å²) in [6.07, 6.45) is 1.85. The minimum absolute atomic E-state index is 0.0524. The van der Waals surface area contributed by atoms with Crippen molar-refractivity contribution in [1.29, 1.82) is 0 Å². The van der Waals surface area contributed by atoms with E-state index in [2.05, 4.69) is 15.3 Å². The SMILES string of the molecule is Cc1sc2nc(CNC3CCS(=O)CC3)[nH]c(=O)c2c1C. The van der Waals surface area contributed by atoms with Gasteiger partial charge >= 0.3 is 0 Å². The molecular formula is C14H19N3O2S2. The molecule has 7 heteroatoms. The third-order valence-corrected chi connectivity index (χ3v) is 6.52. The Kier molecular flexibility index (Phi) is 4.24. The van der Waals surface area contributed by atoms with Crippen LogP contribution < -0.4 is 10.9 Å². The molecule has 0 atom stereocenters. The maximum absolute atomic E-state index is 12.2. The lowest BCUT2D eigenvalue weighted by molar-refractivity contribution is 0.468. The number of nitrogens with one attached hydrogen (secondary N) is 2. The molecule has 0 spiro atoms. The lowest BCUT2D eigenvalue weighted by Crippen LogP contribution is -2.36. The van der Waals surface area contributed by atoms with E-state index in [-0.39, 0.29) is 5.56 Å². The summed E-state index contributed by atoms with van der Waals surface area (Å²) in [6.45, 7) is 4.53. The average molecular weight is 325 g/mol. The van der Waals surface area contributed by atoms with E-state index in [1.54, 1.807) is 11.3 Å². The van der Waals surface area contributed by atoms with Crippen molar-refractivity contribution in [2.75, 3.05) is 11.5 Å². The molecule has 114 valence electrons. The van der Waals surface area contributed by atoms with Gasteiger partial charge in [-0.05, 0) is 32.3 Å². The van der Waals surface area contributed by atoms with Gasteiger partial charge < -0.3 is 10.3 Å². The molecule has 0 radical (unpaired) electrons. The van der Waals surface area contributed by atoms with Crippen molar-refractivity contribution in [2.45, 2.75) is 39.3 Å². The zero-order valence-corrected chi connectivity index (χ0v) is 13.8. The molecule has 3 rings (SSSR count). The van der Waals surface area contributed by atoms with Crippen LogP contribution in [0.4, 0.5) is 0 Å². The summed E-state index contributed by atoms with van der Waals surface area (Å²) in [5.41, 5.74) is 0.974. The number of nitrogens with zero attached hydrogens (tertiary/aromatic N) is 1. The van der Waals surface area contributed by atoms with Crippen molar-refractivity contribution in [1.82, 2.24) is 15.3 Å². The van der Waals surface area contributed by atoms with Crippen LogP contribution in [0.1, 0.15) is 29.1 Å². The number of thiophene rings is 1. The van der Waals surface area contributed by atoms with Gasteiger partial charge in [-0.15, -0.1) is 11.3 Å². The Bertz CT molecular complexity index is 740. The quantitative estimate of drug-likeness (QED) is 0.899. The van der Waals surface area contributed by atoms with E-state index >= 15 is 0 Å². The van der Waals surface area contributed by atoms with E-state index in [1.807, 2.05) is 13.8 Å². The fourth-order valence-corrected chi connectivity index (χ4v) is 4.97. The first-order chi connectivity index (χ1) is 10.0. The van der Waals surface area contributed by atoms with Crippen LogP contribution in [0.15, 0.2) is 4.79 Å². The van der Waals surface area contributed by atoms with Crippen LogP contribution in [0, 0.1) is 13.8 Å². The molecule has 0 unspecified atom stereocenters. The summed E-state index contributed by atoms with van der Waals surface area (Å²) in [4.78, 5) is 21.6. The Hall–Kier alpha value is -1.05. The lowest BCUT2D eigenvalue weighted by Gasteiger charge is -2.22.